The Morgan fingerprint density at radius 2 is 1.85 bits per heavy atom. The van der Waals surface area contributed by atoms with Crippen LogP contribution in [-0.4, -0.2) is 42.4 Å². The summed E-state index contributed by atoms with van der Waals surface area (Å²) in [5, 5.41) is 8.85. The zero-order valence-corrected chi connectivity index (χ0v) is 16.1. The van der Waals surface area contributed by atoms with Crippen molar-refractivity contribution in [1.82, 2.24) is 4.90 Å². The first kappa shape index (κ1) is 20.8. The molecule has 0 N–H and O–H groups in total. The first-order chi connectivity index (χ1) is 12.9. The minimum atomic E-state index is -0.822. The second-order valence-electron chi connectivity index (χ2n) is 7.08. The Balaban J connectivity index is 2.00. The zero-order valence-electron chi connectivity index (χ0n) is 16.1. The Labute approximate surface area is 160 Å². The Morgan fingerprint density at radius 1 is 1.22 bits per heavy atom. The summed E-state index contributed by atoms with van der Waals surface area (Å²) in [7, 11) is 1.93. The van der Waals surface area contributed by atoms with Gasteiger partial charge in [-0.3, -0.25) is 9.69 Å². The van der Waals surface area contributed by atoms with Crippen LogP contribution in [0.4, 0.5) is 0 Å². The average molecular weight is 366 g/mol. The molecule has 1 unspecified atom stereocenters. The van der Waals surface area contributed by atoms with Crippen LogP contribution in [0.15, 0.2) is 48.6 Å². The molecule has 0 saturated heterocycles. The molecule has 1 aromatic carbocycles. The normalized spacial score (nSPS) is 16.5. The molecule has 27 heavy (non-hydrogen) atoms. The molecule has 5 nitrogen and oxygen atoms in total. The second-order valence-corrected chi connectivity index (χ2v) is 7.08. The van der Waals surface area contributed by atoms with Gasteiger partial charge in [-0.05, 0) is 75.7 Å². The van der Waals surface area contributed by atoms with Gasteiger partial charge < -0.3 is 9.53 Å². The molecule has 0 radical (unpaired) electrons. The summed E-state index contributed by atoms with van der Waals surface area (Å²) in [6.07, 6.45) is 8.82. The third-order valence-electron chi connectivity index (χ3n) is 4.91. The Hall–Kier alpha value is -2.55. The number of hydrogen-bond acceptors (Lipinski definition) is 5. The van der Waals surface area contributed by atoms with Gasteiger partial charge in [-0.2, -0.15) is 5.26 Å². The smallest absolute Gasteiger partial charge is 0.178 e. The topological polar surface area (TPSA) is 70.4 Å². The number of carbonyl (C=O) groups excluding carboxylic acids is 2. The van der Waals surface area contributed by atoms with Crippen molar-refractivity contribution in [3.8, 4) is 6.07 Å². The van der Waals surface area contributed by atoms with Gasteiger partial charge in [-0.25, -0.2) is 0 Å². The molecular weight excluding hydrogens is 340 g/mol. The fourth-order valence-electron chi connectivity index (χ4n) is 2.88. The number of nitrogens with zero attached hydrogens (tertiary/aromatic N) is 2. The predicted molar refractivity (Wildman–Crippen MR) is 104 cm³/mol. The van der Waals surface area contributed by atoms with E-state index in [0.29, 0.717) is 12.0 Å². The van der Waals surface area contributed by atoms with Crippen molar-refractivity contribution < 1.29 is 14.3 Å². The fourth-order valence-corrected chi connectivity index (χ4v) is 2.88. The van der Waals surface area contributed by atoms with Gasteiger partial charge >= 0.3 is 0 Å². The van der Waals surface area contributed by atoms with Gasteiger partial charge in [0.15, 0.2) is 11.5 Å². The van der Waals surface area contributed by atoms with Gasteiger partial charge in [0.25, 0.3) is 0 Å². The quantitative estimate of drug-likeness (QED) is 0.496. The van der Waals surface area contributed by atoms with Crippen molar-refractivity contribution in [2.75, 3.05) is 13.7 Å². The van der Waals surface area contributed by atoms with Crippen LogP contribution in [0.3, 0.4) is 0 Å². The standard InChI is InChI=1S/C22H26N2O3/c1-17(2)24(3)22(12-10-21(26)11-13-22)27-16-20(15-25)9-6-18-4-7-19(14-23)8-5-18/h4-5,7-8,10-13,15,17,20H,6,9,16H2,1-3H3. The summed E-state index contributed by atoms with van der Waals surface area (Å²) in [5.41, 5.74) is 0.883. The van der Waals surface area contributed by atoms with Crippen LogP contribution in [-0.2, 0) is 20.7 Å². The first-order valence-corrected chi connectivity index (χ1v) is 9.14. The van der Waals surface area contributed by atoms with Gasteiger partial charge in [-0.1, -0.05) is 12.1 Å². The lowest BCUT2D eigenvalue weighted by atomic mass is 9.99. The third-order valence-corrected chi connectivity index (χ3v) is 4.91. The lowest BCUT2D eigenvalue weighted by Gasteiger charge is -2.41. The number of aldehydes is 1. The molecule has 142 valence electrons. The summed E-state index contributed by atoms with van der Waals surface area (Å²) < 4.78 is 6.15. The zero-order chi connectivity index (χ0) is 19.9. The lowest BCUT2D eigenvalue weighted by molar-refractivity contribution is -0.124. The molecule has 1 aliphatic rings. The van der Waals surface area contributed by atoms with E-state index < -0.39 is 5.72 Å². The van der Waals surface area contributed by atoms with Crippen molar-refractivity contribution in [3.05, 3.63) is 59.7 Å². The number of likely N-dealkylation sites (N-methyl/N-ethyl adjacent to an activating group) is 1. The largest absolute Gasteiger partial charge is 0.352 e. The number of benzene rings is 1. The summed E-state index contributed by atoms with van der Waals surface area (Å²) >= 11 is 0. The van der Waals surface area contributed by atoms with E-state index in [1.165, 1.54) is 12.2 Å². The van der Waals surface area contributed by atoms with Crippen LogP contribution in [0.25, 0.3) is 0 Å². The summed E-state index contributed by atoms with van der Waals surface area (Å²) in [5.74, 6) is -0.323. The van der Waals surface area contributed by atoms with Crippen molar-refractivity contribution >= 4 is 12.1 Å². The van der Waals surface area contributed by atoms with E-state index in [1.54, 1.807) is 24.3 Å². The maximum Gasteiger partial charge on any atom is 0.178 e. The highest BCUT2D eigenvalue weighted by molar-refractivity contribution is 6.00. The monoisotopic (exact) mass is 366 g/mol. The number of rotatable bonds is 9. The fraction of sp³-hybridized carbons (Fsp3) is 0.409. The Morgan fingerprint density at radius 3 is 2.37 bits per heavy atom. The van der Waals surface area contributed by atoms with Crippen molar-refractivity contribution in [1.29, 1.82) is 5.26 Å². The van der Waals surface area contributed by atoms with E-state index in [-0.39, 0.29) is 24.3 Å². The van der Waals surface area contributed by atoms with Crippen LogP contribution in [0.2, 0.25) is 0 Å². The number of allylic oxidation sites excluding steroid dienone is 2. The van der Waals surface area contributed by atoms with E-state index in [2.05, 4.69) is 6.07 Å². The van der Waals surface area contributed by atoms with E-state index in [9.17, 15) is 9.59 Å². The summed E-state index contributed by atoms with van der Waals surface area (Å²) in [6.45, 7) is 4.36. The van der Waals surface area contributed by atoms with Crippen LogP contribution in [0.1, 0.15) is 31.4 Å². The van der Waals surface area contributed by atoms with Crippen molar-refractivity contribution in [2.24, 2.45) is 5.92 Å². The molecule has 0 aromatic heterocycles. The number of hydrogen-bond donors (Lipinski definition) is 0. The van der Waals surface area contributed by atoms with Crippen LogP contribution in [0, 0.1) is 17.2 Å². The molecule has 0 aliphatic heterocycles. The number of aryl methyl sites for hydroxylation is 1. The molecule has 1 aromatic rings. The molecule has 0 bridgehead atoms. The maximum absolute atomic E-state index is 11.5. The highest BCUT2D eigenvalue weighted by Crippen LogP contribution is 2.26. The number of ether oxygens (including phenoxy) is 1. The molecule has 0 saturated carbocycles. The van der Waals surface area contributed by atoms with Gasteiger partial charge in [-0.15, -0.1) is 0 Å². The summed E-state index contributed by atoms with van der Waals surface area (Å²) in [4.78, 5) is 25.1. The summed E-state index contributed by atoms with van der Waals surface area (Å²) in [6, 6.07) is 9.67. The first-order valence-electron chi connectivity index (χ1n) is 9.14. The van der Waals surface area contributed by atoms with Gasteiger partial charge in [0.1, 0.15) is 6.29 Å². The predicted octanol–water partition coefficient (Wildman–Crippen LogP) is 3.05. The van der Waals surface area contributed by atoms with Crippen molar-refractivity contribution in [2.45, 2.75) is 38.5 Å². The molecular formula is C22H26N2O3. The Bertz CT molecular complexity index is 741. The van der Waals surface area contributed by atoms with E-state index in [0.717, 1.165) is 18.3 Å². The molecule has 0 fully saturated rings. The third kappa shape index (κ3) is 5.46. The lowest BCUT2D eigenvalue weighted by Crippen LogP contribution is -2.50. The second kappa shape index (κ2) is 9.40. The molecule has 0 spiro atoms. The number of ketones is 1. The van der Waals surface area contributed by atoms with Crippen LogP contribution < -0.4 is 0 Å². The highest BCUT2D eigenvalue weighted by Gasteiger charge is 2.34. The SMILES string of the molecule is CC(C)N(C)C1(OCC(C=O)CCc2ccc(C#N)cc2)C=CC(=O)C=C1. The van der Waals surface area contributed by atoms with Crippen LogP contribution in [0.5, 0.6) is 0 Å². The highest BCUT2D eigenvalue weighted by atomic mass is 16.5. The molecule has 1 aliphatic carbocycles. The van der Waals surface area contributed by atoms with Gasteiger partial charge in [0.2, 0.25) is 0 Å². The number of nitriles is 1. The molecule has 1 atom stereocenters. The van der Waals surface area contributed by atoms with E-state index in [4.69, 9.17) is 10.00 Å². The van der Waals surface area contributed by atoms with Crippen molar-refractivity contribution in [3.63, 3.8) is 0 Å². The number of carbonyl (C=O) groups is 2. The van der Waals surface area contributed by atoms with Gasteiger partial charge in [0.05, 0.1) is 18.2 Å². The molecule has 0 amide bonds. The van der Waals surface area contributed by atoms with Crippen LogP contribution >= 0.6 is 0 Å². The maximum atomic E-state index is 11.5. The molecule has 5 heteroatoms. The minimum Gasteiger partial charge on any atom is -0.352 e. The molecule has 2 rings (SSSR count). The minimum absolute atomic E-state index is 0.0702. The van der Waals surface area contributed by atoms with E-state index in [1.807, 2.05) is 37.9 Å². The molecule has 0 heterocycles. The average Bonchev–Trinajstić information content (AvgIpc) is 2.69. The Kier molecular flexibility index (Phi) is 7.23. The van der Waals surface area contributed by atoms with Gasteiger partial charge in [0, 0.05) is 12.0 Å². The van der Waals surface area contributed by atoms with E-state index >= 15 is 0 Å².